The van der Waals surface area contributed by atoms with Crippen molar-refractivity contribution in [3.05, 3.63) is 72.3 Å². The van der Waals surface area contributed by atoms with Gasteiger partial charge in [0.1, 0.15) is 24.6 Å². The first-order valence-corrected chi connectivity index (χ1v) is 18.0. The molecule has 14 heteroatoms. The molecule has 2 N–H and O–H groups in total. The quantitative estimate of drug-likeness (QED) is 0.175. The average molecular weight is 721 g/mol. The Balaban J connectivity index is 1.15. The van der Waals surface area contributed by atoms with Crippen molar-refractivity contribution in [1.82, 2.24) is 24.6 Å². The molecule has 7 rings (SSSR count). The lowest BCUT2D eigenvalue weighted by Gasteiger charge is -2.50. The number of hydrogen-bond donors (Lipinski definition) is 2. The van der Waals surface area contributed by atoms with Crippen molar-refractivity contribution in [2.45, 2.75) is 64.1 Å². The molecule has 3 aliphatic rings. The summed E-state index contributed by atoms with van der Waals surface area (Å²) in [6, 6.07) is 9.34. The molecule has 11 nitrogen and oxygen atoms in total. The van der Waals surface area contributed by atoms with E-state index in [1.807, 2.05) is 32.2 Å². The maximum absolute atomic E-state index is 14.8. The van der Waals surface area contributed by atoms with Crippen LogP contribution < -0.4 is 20.0 Å². The molecular weight excluding hydrogens is 673 g/mol. The number of anilines is 4. The Bertz CT molecular complexity index is 1850. The summed E-state index contributed by atoms with van der Waals surface area (Å²) in [5.74, 6) is -0.352. The van der Waals surface area contributed by atoms with Crippen LogP contribution in [0.1, 0.15) is 57.6 Å². The highest BCUT2D eigenvalue weighted by atomic mass is 19.2. The smallest absolute Gasteiger partial charge is 0.164 e. The molecule has 3 fully saturated rings. The molecule has 0 saturated carbocycles. The van der Waals surface area contributed by atoms with E-state index in [2.05, 4.69) is 30.2 Å². The van der Waals surface area contributed by atoms with Crippen LogP contribution >= 0.6 is 0 Å². The zero-order valence-corrected chi connectivity index (χ0v) is 30.0. The van der Waals surface area contributed by atoms with Crippen molar-refractivity contribution in [3.8, 4) is 16.9 Å². The molecule has 1 atom stereocenters. The van der Waals surface area contributed by atoms with E-state index >= 15 is 0 Å². The van der Waals surface area contributed by atoms with Crippen molar-refractivity contribution >= 4 is 23.0 Å². The van der Waals surface area contributed by atoms with Crippen LogP contribution in [0.2, 0.25) is 0 Å². The second kappa shape index (κ2) is 14.9. The van der Waals surface area contributed by atoms with Crippen LogP contribution in [0.25, 0.3) is 11.1 Å². The van der Waals surface area contributed by atoms with Crippen LogP contribution in [0.5, 0.6) is 5.75 Å². The Kier molecular flexibility index (Phi) is 10.3. The topological polar surface area (TPSA) is 104 Å². The second-order valence-electron chi connectivity index (χ2n) is 14.7. The van der Waals surface area contributed by atoms with Gasteiger partial charge in [0.25, 0.3) is 0 Å². The molecule has 0 aliphatic carbocycles. The maximum atomic E-state index is 14.8. The van der Waals surface area contributed by atoms with Gasteiger partial charge in [0.05, 0.1) is 44.8 Å². The average Bonchev–Trinajstić information content (AvgIpc) is 3.84. The molecule has 4 aromatic rings. The van der Waals surface area contributed by atoms with Gasteiger partial charge < -0.3 is 20.1 Å². The number of hydrogen-bond acceptors (Lipinski definition) is 10. The molecule has 2 aromatic carbocycles. The molecular formula is C38H47F3N8O3. The van der Waals surface area contributed by atoms with Gasteiger partial charge in [0, 0.05) is 65.8 Å². The van der Waals surface area contributed by atoms with Crippen LogP contribution in [0.15, 0.2) is 55.1 Å². The molecule has 0 radical (unpaired) electrons. The Morgan fingerprint density at radius 2 is 1.83 bits per heavy atom. The number of halogens is 3. The molecule has 0 unspecified atom stereocenters. The molecule has 2 aromatic heterocycles. The Hall–Kier alpha value is -4.40. The number of aliphatic hydroxyl groups excluding tert-OH is 1. The fraction of sp³-hybridized carbons (Fsp3) is 0.500. The van der Waals surface area contributed by atoms with E-state index in [9.17, 15) is 18.3 Å². The number of aliphatic hydroxyl groups is 1. The number of alkyl halides is 1. The van der Waals surface area contributed by atoms with Gasteiger partial charge in [0.15, 0.2) is 17.5 Å². The number of rotatable bonds is 11. The monoisotopic (exact) mass is 720 g/mol. The van der Waals surface area contributed by atoms with Gasteiger partial charge in [-0.1, -0.05) is 12.1 Å². The highest BCUT2D eigenvalue weighted by Gasteiger charge is 2.41. The summed E-state index contributed by atoms with van der Waals surface area (Å²) in [5, 5.41) is 18.9. The van der Waals surface area contributed by atoms with E-state index in [4.69, 9.17) is 9.57 Å². The van der Waals surface area contributed by atoms with E-state index in [1.54, 1.807) is 30.1 Å². The summed E-state index contributed by atoms with van der Waals surface area (Å²) in [6.07, 6.45) is 9.82. The number of nitrogens with one attached hydrogen (secondary N) is 1. The van der Waals surface area contributed by atoms with Crippen LogP contribution in [0, 0.1) is 17.0 Å². The Labute approximate surface area is 302 Å². The molecule has 278 valence electrons. The number of hydroxylamine groups is 1. The van der Waals surface area contributed by atoms with E-state index in [-0.39, 0.29) is 24.3 Å². The van der Waals surface area contributed by atoms with Crippen LogP contribution in [-0.4, -0.2) is 88.5 Å². The van der Waals surface area contributed by atoms with Crippen molar-refractivity contribution in [2.24, 2.45) is 5.41 Å². The van der Waals surface area contributed by atoms with Gasteiger partial charge in [-0.25, -0.2) is 28.2 Å². The maximum Gasteiger partial charge on any atom is 0.164 e. The zero-order valence-electron chi connectivity index (χ0n) is 30.0. The SMILES string of the molecule is COc1cc(N2CCC3(CC2)CCN(C(C)(C)CF)CC3)c(-c2cnn(CCO)c2)cc1Nc1cc(N2OCC[C@@H]2c2cccc(F)c2F)ncn1. The van der Waals surface area contributed by atoms with E-state index in [1.165, 1.54) is 17.5 Å². The predicted octanol–water partition coefficient (Wildman–Crippen LogP) is 6.68. The summed E-state index contributed by atoms with van der Waals surface area (Å²) < 4.78 is 50.3. The minimum absolute atomic E-state index is 0.0268. The third-order valence-corrected chi connectivity index (χ3v) is 11.1. The molecule has 5 heterocycles. The van der Waals surface area contributed by atoms with E-state index in [0.717, 1.165) is 74.7 Å². The van der Waals surface area contributed by atoms with E-state index in [0.29, 0.717) is 42.6 Å². The number of likely N-dealkylation sites (tertiary alicyclic amines) is 1. The third kappa shape index (κ3) is 7.15. The van der Waals surface area contributed by atoms with Gasteiger partial charge in [0.2, 0.25) is 0 Å². The lowest BCUT2D eigenvalue weighted by molar-refractivity contribution is 0.0112. The Morgan fingerprint density at radius 1 is 1.06 bits per heavy atom. The number of piperidine rings is 2. The Morgan fingerprint density at radius 3 is 2.56 bits per heavy atom. The molecule has 0 bridgehead atoms. The molecule has 1 spiro atoms. The number of nitrogens with zero attached hydrogens (tertiary/aromatic N) is 7. The van der Waals surface area contributed by atoms with Crippen molar-refractivity contribution in [1.29, 1.82) is 0 Å². The summed E-state index contributed by atoms with van der Waals surface area (Å²) >= 11 is 0. The summed E-state index contributed by atoms with van der Waals surface area (Å²) in [7, 11) is 1.63. The number of benzene rings is 2. The van der Waals surface area contributed by atoms with Gasteiger partial charge >= 0.3 is 0 Å². The molecule has 52 heavy (non-hydrogen) atoms. The minimum atomic E-state index is -0.911. The first kappa shape index (κ1) is 36.0. The summed E-state index contributed by atoms with van der Waals surface area (Å²) in [6.45, 7) is 7.88. The molecule has 3 saturated heterocycles. The molecule has 0 amide bonds. The van der Waals surface area contributed by atoms with Gasteiger partial charge in [-0.15, -0.1) is 0 Å². The van der Waals surface area contributed by atoms with Gasteiger partial charge in [-0.3, -0.25) is 14.4 Å². The third-order valence-electron chi connectivity index (χ3n) is 11.1. The fourth-order valence-corrected chi connectivity index (χ4v) is 7.88. The fourth-order valence-electron chi connectivity index (χ4n) is 7.88. The number of aromatic nitrogens is 4. The van der Waals surface area contributed by atoms with Crippen LogP contribution in [-0.2, 0) is 11.4 Å². The summed E-state index contributed by atoms with van der Waals surface area (Å²) in [4.78, 5) is 19.4. The van der Waals surface area contributed by atoms with Crippen molar-refractivity contribution in [3.63, 3.8) is 0 Å². The summed E-state index contributed by atoms with van der Waals surface area (Å²) in [5.41, 5.74) is 3.54. The highest BCUT2D eigenvalue weighted by molar-refractivity contribution is 5.85. The minimum Gasteiger partial charge on any atom is -0.494 e. The first-order valence-electron chi connectivity index (χ1n) is 18.0. The van der Waals surface area contributed by atoms with Gasteiger partial charge in [-0.05, 0) is 70.2 Å². The molecule has 3 aliphatic heterocycles. The highest BCUT2D eigenvalue weighted by Crippen LogP contribution is 2.47. The van der Waals surface area contributed by atoms with Gasteiger partial charge in [-0.2, -0.15) is 5.10 Å². The lowest BCUT2D eigenvalue weighted by atomic mass is 9.70. The van der Waals surface area contributed by atoms with Crippen LogP contribution in [0.3, 0.4) is 0 Å². The second-order valence-corrected chi connectivity index (χ2v) is 14.7. The number of ether oxygens (including phenoxy) is 1. The predicted molar refractivity (Wildman–Crippen MR) is 194 cm³/mol. The number of methoxy groups -OCH3 is 1. The lowest BCUT2D eigenvalue weighted by Crippen LogP contribution is -2.53. The van der Waals surface area contributed by atoms with Crippen molar-refractivity contribution in [2.75, 3.05) is 68.5 Å². The van der Waals surface area contributed by atoms with Crippen molar-refractivity contribution < 1.29 is 27.9 Å². The normalized spacial score (nSPS) is 19.4. The first-order chi connectivity index (χ1) is 25.1. The largest absolute Gasteiger partial charge is 0.494 e. The standard InChI is InChI=1S/C38H47F3N8O3/c1-37(2,24-39)47-14-10-38(11-15-47)8-12-46(13-9-38)32-20-33(51-3)30(19-28(32)26-22-44-48(23-26)16-17-50)45-34-21-35(43-25-42-34)49-31(7-18-52-49)27-5-4-6-29(40)36(27)41/h4-6,19-23,25,31,50H,7-18,24H2,1-3H3,(H,42,43,45)/t31-/m1/s1. The zero-order chi connectivity index (χ0) is 36.5. The van der Waals surface area contributed by atoms with Crippen LogP contribution in [0.4, 0.5) is 36.2 Å². The van der Waals surface area contributed by atoms with E-state index < -0.39 is 23.2 Å².